The number of carbonyl (C=O) groups excluding carboxylic acids is 2. The van der Waals surface area contributed by atoms with Crippen LogP contribution in [-0.4, -0.2) is 85.3 Å². The van der Waals surface area contributed by atoms with E-state index in [1.807, 2.05) is 26.0 Å². The van der Waals surface area contributed by atoms with E-state index in [0.717, 1.165) is 28.7 Å². The van der Waals surface area contributed by atoms with E-state index in [9.17, 15) is 26.8 Å². The summed E-state index contributed by atoms with van der Waals surface area (Å²) in [5, 5.41) is 10.1. The van der Waals surface area contributed by atoms with E-state index in [1.165, 1.54) is 0 Å². The van der Waals surface area contributed by atoms with Gasteiger partial charge in [0.15, 0.2) is 5.78 Å². The molecule has 11 nitrogen and oxygen atoms in total. The molecule has 1 aliphatic rings. The van der Waals surface area contributed by atoms with E-state index < -0.39 is 26.6 Å². The number of hydrogen-bond acceptors (Lipinski definition) is 7. The number of rotatable bonds is 11. The normalized spacial score (nSPS) is 13.6. The lowest BCUT2D eigenvalue weighted by molar-refractivity contribution is 0.0992. The summed E-state index contributed by atoms with van der Waals surface area (Å²) in [6, 6.07) is 9.00. The number of carbonyl (C=O) groups is 2. The van der Waals surface area contributed by atoms with Crippen molar-refractivity contribution in [1.29, 1.82) is 0 Å². The van der Waals surface area contributed by atoms with Gasteiger partial charge in [0.2, 0.25) is 10.0 Å². The first kappa shape index (κ1) is 31.0. The largest absolute Gasteiger partial charge is 0.373 e. The second-order valence-corrected chi connectivity index (χ2v) is 12.9. The van der Waals surface area contributed by atoms with Gasteiger partial charge in [-0.3, -0.25) is 14.7 Å². The molecule has 0 spiro atoms. The first-order valence-corrected chi connectivity index (χ1v) is 15.3. The molecule has 4 aromatic rings. The van der Waals surface area contributed by atoms with Crippen molar-refractivity contribution in [2.45, 2.75) is 24.3 Å². The van der Waals surface area contributed by atoms with Gasteiger partial charge in [-0.05, 0) is 50.5 Å². The predicted molar refractivity (Wildman–Crippen MR) is 161 cm³/mol. The molecule has 0 aliphatic carbocycles. The molecule has 2 aromatic carbocycles. The van der Waals surface area contributed by atoms with E-state index >= 15 is 0 Å². The highest BCUT2D eigenvalue weighted by molar-refractivity contribution is 7.89. The molecule has 0 unspecified atom stereocenters. The summed E-state index contributed by atoms with van der Waals surface area (Å²) in [5.74, 6) is -2.71. The number of hydrogen-bond donors (Lipinski definition) is 3. The molecule has 2 aromatic heterocycles. The average Bonchev–Trinajstić information content (AvgIpc) is 3.66. The zero-order chi connectivity index (χ0) is 31.6. The number of likely N-dealkylation sites (N-methyl/N-ethyl adjacent to an activating group) is 2. The zero-order valence-corrected chi connectivity index (χ0v) is 25.3. The fourth-order valence-electron chi connectivity index (χ4n) is 5.01. The standard InChI is InChI=1S/C30H33F2N7O4S/c1-37(2)10-11-38(3)22-4-5-24(27(15-22)34-30(41)19-6-8-33-17-19)29(40)16-28-25-18-39(9-7-26(25)35-36-28)44(42,43)23-13-20(31)12-21(32)14-23/h4-6,8,12-15,17,33H,7,9-11,16,18H2,1-3H3,(H,34,41)(H,35,36). The van der Waals surface area contributed by atoms with Crippen LogP contribution in [-0.2, 0) is 29.4 Å². The molecular formula is C30H33F2N7O4S. The van der Waals surface area contributed by atoms with Crippen molar-refractivity contribution in [2.24, 2.45) is 0 Å². The fraction of sp³-hybridized carbons (Fsp3) is 0.300. The number of halogens is 2. The number of ketones is 1. The molecule has 0 bridgehead atoms. The summed E-state index contributed by atoms with van der Waals surface area (Å²) in [5.41, 5.74) is 3.37. The number of aromatic amines is 2. The van der Waals surface area contributed by atoms with Gasteiger partial charge in [-0.2, -0.15) is 9.40 Å². The third-order valence-electron chi connectivity index (χ3n) is 7.52. The summed E-state index contributed by atoms with van der Waals surface area (Å²) in [6.07, 6.45) is 3.29. The number of fused-ring (bicyclic) bond motifs is 1. The molecule has 3 N–H and O–H groups in total. The van der Waals surface area contributed by atoms with E-state index in [0.29, 0.717) is 40.8 Å². The molecule has 5 rings (SSSR count). The van der Waals surface area contributed by atoms with E-state index in [4.69, 9.17) is 0 Å². The van der Waals surface area contributed by atoms with Crippen molar-refractivity contribution in [1.82, 2.24) is 24.4 Å². The maximum atomic E-state index is 13.8. The number of sulfonamides is 1. The molecule has 0 saturated carbocycles. The number of aromatic nitrogens is 3. The molecule has 44 heavy (non-hydrogen) atoms. The summed E-state index contributed by atoms with van der Waals surface area (Å²) in [6.45, 7) is 1.46. The molecule has 0 radical (unpaired) electrons. The molecular weight excluding hydrogens is 592 g/mol. The number of H-pyrrole nitrogens is 2. The van der Waals surface area contributed by atoms with Gasteiger partial charge in [0.05, 0.1) is 28.3 Å². The molecule has 1 aliphatic heterocycles. The van der Waals surface area contributed by atoms with E-state index in [1.54, 1.807) is 36.7 Å². The van der Waals surface area contributed by atoms with Crippen molar-refractivity contribution >= 4 is 33.1 Å². The molecule has 14 heteroatoms. The Morgan fingerprint density at radius 3 is 2.48 bits per heavy atom. The Hall–Kier alpha value is -4.40. The third-order valence-corrected chi connectivity index (χ3v) is 9.34. The number of nitrogens with zero attached hydrogens (tertiary/aromatic N) is 4. The van der Waals surface area contributed by atoms with E-state index in [2.05, 4.69) is 25.4 Å². The van der Waals surface area contributed by atoms with Crippen LogP contribution in [0.3, 0.4) is 0 Å². The zero-order valence-electron chi connectivity index (χ0n) is 24.5. The summed E-state index contributed by atoms with van der Waals surface area (Å²) < 4.78 is 55.2. The highest BCUT2D eigenvalue weighted by Crippen LogP contribution is 2.29. The van der Waals surface area contributed by atoms with Crippen molar-refractivity contribution in [2.75, 3.05) is 51.0 Å². The summed E-state index contributed by atoms with van der Waals surface area (Å²) in [4.78, 5) is 33.1. The topological polar surface area (TPSA) is 134 Å². The lowest BCUT2D eigenvalue weighted by Gasteiger charge is -2.26. The lowest BCUT2D eigenvalue weighted by atomic mass is 9.99. The Balaban J connectivity index is 1.40. The van der Waals surface area contributed by atoms with Gasteiger partial charge in [-0.25, -0.2) is 17.2 Å². The first-order chi connectivity index (χ1) is 20.9. The van der Waals surface area contributed by atoms with Crippen molar-refractivity contribution < 1.29 is 26.8 Å². The second-order valence-electron chi connectivity index (χ2n) is 10.9. The Bertz CT molecular complexity index is 1770. The quantitative estimate of drug-likeness (QED) is 0.218. The van der Waals surface area contributed by atoms with Crippen molar-refractivity contribution in [3.05, 3.63) is 94.6 Å². The SMILES string of the molecule is CN(C)CCN(C)c1ccc(C(=O)Cc2n[nH]c3c2CN(S(=O)(=O)c2cc(F)cc(F)c2)CC3)c(NC(=O)c2cc[nH]c2)c1. The van der Waals surface area contributed by atoms with Crippen LogP contribution in [0.5, 0.6) is 0 Å². The Morgan fingerprint density at radius 1 is 1.05 bits per heavy atom. The Labute approximate surface area is 253 Å². The van der Waals surface area contributed by atoms with Gasteiger partial charge in [0.1, 0.15) is 11.6 Å². The van der Waals surface area contributed by atoms with Crippen LogP contribution in [0.4, 0.5) is 20.2 Å². The predicted octanol–water partition coefficient (Wildman–Crippen LogP) is 3.44. The average molecular weight is 626 g/mol. The van der Waals surface area contributed by atoms with Crippen molar-refractivity contribution in [3.8, 4) is 0 Å². The van der Waals surface area contributed by atoms with Crippen molar-refractivity contribution in [3.63, 3.8) is 0 Å². The van der Waals surface area contributed by atoms with Crippen LogP contribution in [0.15, 0.2) is 59.8 Å². The molecule has 0 fully saturated rings. The molecule has 0 saturated heterocycles. The van der Waals surface area contributed by atoms with Crippen LogP contribution in [0, 0.1) is 11.6 Å². The number of amides is 1. The third kappa shape index (κ3) is 6.72. The van der Waals surface area contributed by atoms with E-state index in [-0.39, 0.29) is 43.2 Å². The highest BCUT2D eigenvalue weighted by atomic mass is 32.2. The van der Waals surface area contributed by atoms with Gasteiger partial charge in [-0.15, -0.1) is 0 Å². The van der Waals surface area contributed by atoms with Gasteiger partial charge >= 0.3 is 0 Å². The van der Waals surface area contributed by atoms with Crippen LogP contribution in [0.1, 0.15) is 37.7 Å². The monoisotopic (exact) mass is 625 g/mol. The van der Waals surface area contributed by atoms with Crippen LogP contribution in [0.25, 0.3) is 0 Å². The summed E-state index contributed by atoms with van der Waals surface area (Å²) in [7, 11) is 1.65. The van der Waals surface area contributed by atoms with Crippen LogP contribution in [0.2, 0.25) is 0 Å². The molecule has 0 atom stereocenters. The summed E-state index contributed by atoms with van der Waals surface area (Å²) >= 11 is 0. The number of benzene rings is 2. The van der Waals surface area contributed by atoms with Gasteiger partial charge in [0, 0.05) is 80.6 Å². The van der Waals surface area contributed by atoms with Crippen LogP contribution >= 0.6 is 0 Å². The minimum atomic E-state index is -4.22. The molecule has 232 valence electrons. The second kappa shape index (κ2) is 12.7. The molecule has 1 amide bonds. The Morgan fingerprint density at radius 2 is 1.80 bits per heavy atom. The lowest BCUT2D eigenvalue weighted by Crippen LogP contribution is -2.36. The minimum absolute atomic E-state index is 0.0706. The maximum Gasteiger partial charge on any atom is 0.257 e. The van der Waals surface area contributed by atoms with Gasteiger partial charge < -0.3 is 20.1 Å². The number of nitrogens with one attached hydrogen (secondary N) is 3. The van der Waals surface area contributed by atoms with Crippen LogP contribution < -0.4 is 10.2 Å². The van der Waals surface area contributed by atoms with Gasteiger partial charge in [0.25, 0.3) is 5.91 Å². The van der Waals surface area contributed by atoms with Gasteiger partial charge in [-0.1, -0.05) is 0 Å². The smallest absolute Gasteiger partial charge is 0.257 e. The fourth-order valence-corrected chi connectivity index (χ4v) is 6.46. The molecule has 3 heterocycles. The number of anilines is 2. The number of Topliss-reactive ketones (excluding diaryl/α,β-unsaturated/α-hetero) is 1. The minimum Gasteiger partial charge on any atom is -0.373 e. The first-order valence-electron chi connectivity index (χ1n) is 13.9. The Kier molecular flexibility index (Phi) is 8.95. The maximum absolute atomic E-state index is 13.8. The highest BCUT2D eigenvalue weighted by Gasteiger charge is 2.32.